The Morgan fingerprint density at radius 3 is 2.64 bits per heavy atom. The van der Waals surface area contributed by atoms with Gasteiger partial charge in [0.1, 0.15) is 17.1 Å². The van der Waals surface area contributed by atoms with Crippen molar-refractivity contribution in [3.05, 3.63) is 39.7 Å². The third-order valence-electron chi connectivity index (χ3n) is 3.59. The number of benzene rings is 1. The molecule has 2 rings (SSSR count). The molecule has 0 aliphatic carbocycles. The zero-order valence-electron chi connectivity index (χ0n) is 14.1. The minimum absolute atomic E-state index is 0. The molecule has 0 saturated heterocycles. The number of rotatable bonds is 6. The molecule has 136 valence electrons. The van der Waals surface area contributed by atoms with Gasteiger partial charge >= 0.3 is 5.69 Å². The monoisotopic (exact) mass is 369 g/mol. The van der Waals surface area contributed by atoms with E-state index < -0.39 is 4.92 Å². The van der Waals surface area contributed by atoms with Crippen molar-refractivity contribution in [2.24, 2.45) is 0 Å². The van der Waals surface area contributed by atoms with Gasteiger partial charge in [-0.05, 0) is 32.0 Å². The molecule has 2 aromatic rings. The number of nitrogen functional groups attached to an aromatic ring is 1. The average molecular weight is 370 g/mol. The molecule has 1 heterocycles. The molecule has 0 bridgehead atoms. The second-order valence-electron chi connectivity index (χ2n) is 5.25. The summed E-state index contributed by atoms with van der Waals surface area (Å²) in [5.74, 6) is 0.290. The van der Waals surface area contributed by atoms with Gasteiger partial charge in [-0.1, -0.05) is 0 Å². The van der Waals surface area contributed by atoms with Crippen LogP contribution in [-0.4, -0.2) is 27.7 Å². The molecule has 1 amide bonds. The third-order valence-corrected chi connectivity index (χ3v) is 3.59. The van der Waals surface area contributed by atoms with E-state index in [0.29, 0.717) is 28.5 Å². The summed E-state index contributed by atoms with van der Waals surface area (Å²) in [6.45, 7) is 3.43. The molecule has 0 saturated carbocycles. The van der Waals surface area contributed by atoms with E-state index in [0.717, 1.165) is 0 Å². The minimum Gasteiger partial charge on any atom is -0.495 e. The second kappa shape index (κ2) is 8.34. The molecular formula is C15H20ClN5O4. The Morgan fingerprint density at radius 1 is 1.44 bits per heavy atom. The Labute approximate surface area is 150 Å². The van der Waals surface area contributed by atoms with Crippen molar-refractivity contribution in [1.29, 1.82) is 0 Å². The number of halogens is 1. The number of hydrogen-bond donors (Lipinski definition) is 2. The maximum absolute atomic E-state index is 12.0. The molecular weight excluding hydrogens is 350 g/mol. The molecule has 3 N–H and O–H groups in total. The summed E-state index contributed by atoms with van der Waals surface area (Å²) in [5.41, 5.74) is 7.51. The second-order valence-corrected chi connectivity index (χ2v) is 5.25. The van der Waals surface area contributed by atoms with Gasteiger partial charge in [-0.3, -0.25) is 19.6 Å². The van der Waals surface area contributed by atoms with E-state index in [1.807, 2.05) is 0 Å². The molecule has 0 aliphatic heterocycles. The van der Waals surface area contributed by atoms with Gasteiger partial charge < -0.3 is 15.8 Å². The summed E-state index contributed by atoms with van der Waals surface area (Å²) in [4.78, 5) is 22.5. The smallest absolute Gasteiger partial charge is 0.312 e. The number of amides is 1. The van der Waals surface area contributed by atoms with E-state index in [2.05, 4.69) is 10.4 Å². The quantitative estimate of drug-likeness (QED) is 0.457. The number of aryl methyl sites for hydroxylation is 2. The molecule has 0 spiro atoms. The Bertz CT molecular complexity index is 790. The fraction of sp³-hybridized carbons (Fsp3) is 0.333. The number of aromatic nitrogens is 2. The molecule has 0 atom stereocenters. The molecule has 0 fully saturated rings. The van der Waals surface area contributed by atoms with Crippen LogP contribution in [0.15, 0.2) is 18.2 Å². The lowest BCUT2D eigenvalue weighted by Gasteiger charge is -2.09. The van der Waals surface area contributed by atoms with Gasteiger partial charge in [0, 0.05) is 12.1 Å². The summed E-state index contributed by atoms with van der Waals surface area (Å²) < 4.78 is 6.52. The van der Waals surface area contributed by atoms with Gasteiger partial charge in [0.25, 0.3) is 0 Å². The molecule has 0 radical (unpaired) electrons. The number of nitro groups is 1. The maximum atomic E-state index is 12.0. The highest BCUT2D eigenvalue weighted by molar-refractivity contribution is 5.91. The lowest BCUT2D eigenvalue weighted by Crippen LogP contribution is -2.15. The first kappa shape index (κ1) is 20.2. The topological polar surface area (TPSA) is 125 Å². The number of carbonyl (C=O) groups excluding carboxylic acids is 1. The van der Waals surface area contributed by atoms with Crippen molar-refractivity contribution < 1.29 is 14.5 Å². The van der Waals surface area contributed by atoms with E-state index >= 15 is 0 Å². The zero-order chi connectivity index (χ0) is 17.9. The van der Waals surface area contributed by atoms with Crippen molar-refractivity contribution in [3.8, 4) is 5.75 Å². The first-order valence-corrected chi connectivity index (χ1v) is 7.25. The van der Waals surface area contributed by atoms with Gasteiger partial charge in [0.2, 0.25) is 5.91 Å². The highest BCUT2D eigenvalue weighted by Gasteiger charge is 2.21. The van der Waals surface area contributed by atoms with Crippen LogP contribution < -0.4 is 15.8 Å². The summed E-state index contributed by atoms with van der Waals surface area (Å²) in [6, 6.07) is 4.95. The summed E-state index contributed by atoms with van der Waals surface area (Å²) in [5, 5.41) is 17.8. The van der Waals surface area contributed by atoms with Crippen LogP contribution >= 0.6 is 12.4 Å². The van der Waals surface area contributed by atoms with Crippen molar-refractivity contribution in [1.82, 2.24) is 9.78 Å². The van der Waals surface area contributed by atoms with Crippen LogP contribution in [0.25, 0.3) is 0 Å². The van der Waals surface area contributed by atoms with Crippen molar-refractivity contribution in [2.45, 2.75) is 26.8 Å². The highest BCUT2D eigenvalue weighted by Crippen LogP contribution is 2.25. The number of nitrogens with two attached hydrogens (primary N) is 1. The number of methoxy groups -OCH3 is 1. The van der Waals surface area contributed by atoms with Gasteiger partial charge in [0.15, 0.2) is 0 Å². The van der Waals surface area contributed by atoms with Gasteiger partial charge in [-0.15, -0.1) is 12.4 Å². The predicted molar refractivity (Wildman–Crippen MR) is 96.3 cm³/mol. The highest BCUT2D eigenvalue weighted by atomic mass is 35.5. The number of anilines is 2. The number of hydrogen-bond acceptors (Lipinski definition) is 6. The zero-order valence-corrected chi connectivity index (χ0v) is 14.9. The van der Waals surface area contributed by atoms with Crippen LogP contribution in [0.1, 0.15) is 17.8 Å². The van der Waals surface area contributed by atoms with Crippen LogP contribution in [-0.2, 0) is 11.3 Å². The molecule has 1 aromatic heterocycles. The standard InChI is InChI=1S/C15H19N5O4.ClH/c1-9-15(20(22)23)10(2)19(18-9)7-6-14(21)17-11-4-5-13(24-3)12(16)8-11;/h4-5,8H,6-7,16H2,1-3H3,(H,17,21);1H. The van der Waals surface area contributed by atoms with Crippen molar-refractivity contribution in [2.75, 3.05) is 18.2 Å². The van der Waals surface area contributed by atoms with E-state index in [9.17, 15) is 14.9 Å². The summed E-state index contributed by atoms with van der Waals surface area (Å²) in [7, 11) is 1.51. The fourth-order valence-corrected chi connectivity index (χ4v) is 2.41. The van der Waals surface area contributed by atoms with E-state index in [1.165, 1.54) is 11.8 Å². The Morgan fingerprint density at radius 2 is 2.12 bits per heavy atom. The van der Waals surface area contributed by atoms with Gasteiger partial charge in [-0.25, -0.2) is 0 Å². The Kier molecular flexibility index (Phi) is 6.75. The third kappa shape index (κ3) is 4.60. The average Bonchev–Trinajstić information content (AvgIpc) is 2.79. The predicted octanol–water partition coefficient (Wildman–Crippen LogP) is 2.45. The lowest BCUT2D eigenvalue weighted by atomic mass is 10.2. The minimum atomic E-state index is -0.464. The van der Waals surface area contributed by atoms with Crippen LogP contribution in [0.3, 0.4) is 0 Å². The molecule has 1 aromatic carbocycles. The fourth-order valence-electron chi connectivity index (χ4n) is 2.41. The number of carbonyl (C=O) groups is 1. The van der Waals surface area contributed by atoms with Crippen molar-refractivity contribution in [3.63, 3.8) is 0 Å². The van der Waals surface area contributed by atoms with Crippen LogP contribution in [0.2, 0.25) is 0 Å². The largest absolute Gasteiger partial charge is 0.495 e. The van der Waals surface area contributed by atoms with Gasteiger partial charge in [-0.2, -0.15) is 5.10 Å². The Balaban J connectivity index is 0.00000312. The van der Waals surface area contributed by atoms with E-state index in [-0.39, 0.29) is 37.0 Å². The van der Waals surface area contributed by atoms with Crippen LogP contribution in [0, 0.1) is 24.0 Å². The number of nitrogens with zero attached hydrogens (tertiary/aromatic N) is 3. The summed E-state index contributed by atoms with van der Waals surface area (Å²) in [6.07, 6.45) is 0.130. The molecule has 0 aliphatic rings. The number of nitrogens with one attached hydrogen (secondary N) is 1. The number of ether oxygens (including phenoxy) is 1. The van der Waals surface area contributed by atoms with Crippen LogP contribution in [0.5, 0.6) is 5.75 Å². The van der Waals surface area contributed by atoms with E-state index in [1.54, 1.807) is 32.0 Å². The van der Waals surface area contributed by atoms with Gasteiger partial charge in [0.05, 0.1) is 24.3 Å². The first-order valence-electron chi connectivity index (χ1n) is 7.25. The molecule has 9 nitrogen and oxygen atoms in total. The lowest BCUT2D eigenvalue weighted by molar-refractivity contribution is -0.386. The van der Waals surface area contributed by atoms with Crippen molar-refractivity contribution >= 4 is 35.4 Å². The molecule has 0 unspecified atom stereocenters. The molecule has 25 heavy (non-hydrogen) atoms. The normalized spacial score (nSPS) is 10.0. The Hall–Kier alpha value is -2.81. The SMILES string of the molecule is COc1ccc(NC(=O)CCn2nc(C)c([N+](=O)[O-])c2C)cc1N.Cl. The molecule has 10 heteroatoms. The summed E-state index contributed by atoms with van der Waals surface area (Å²) >= 11 is 0. The van der Waals surface area contributed by atoms with Crippen LogP contribution in [0.4, 0.5) is 17.1 Å². The maximum Gasteiger partial charge on any atom is 0.312 e. The first-order chi connectivity index (χ1) is 11.3. The van der Waals surface area contributed by atoms with E-state index in [4.69, 9.17) is 10.5 Å².